The Labute approximate surface area is 242 Å². The summed E-state index contributed by atoms with van der Waals surface area (Å²) in [5.41, 5.74) is 0.842. The van der Waals surface area contributed by atoms with Crippen LogP contribution in [0.25, 0.3) is 0 Å². The van der Waals surface area contributed by atoms with Crippen LogP contribution in [-0.4, -0.2) is 13.0 Å². The Kier molecular flexibility index (Phi) is 15.9. The van der Waals surface area contributed by atoms with Crippen LogP contribution in [0.15, 0.2) is 47.4 Å². The minimum atomic E-state index is -4.45. The average Bonchev–Trinajstić information content (AvgIpc) is 2.74. The van der Waals surface area contributed by atoms with E-state index in [1.54, 1.807) is 6.07 Å². The fourth-order valence-electron chi connectivity index (χ4n) is 3.83. The van der Waals surface area contributed by atoms with Gasteiger partial charge in [-0.05, 0) is 42.7 Å². The van der Waals surface area contributed by atoms with Crippen LogP contribution in [0, 0.1) is 0 Å². The molecule has 0 amide bonds. The molecule has 2 aromatic carbocycles. The molecule has 2 aromatic rings. The molecule has 33 heavy (non-hydrogen) atoms. The smallest absolute Gasteiger partial charge is 0.872 e. The molecule has 0 aliphatic heterocycles. The van der Waals surface area contributed by atoms with Crippen molar-refractivity contribution < 1.29 is 74.2 Å². The molecule has 0 saturated heterocycles. The Morgan fingerprint density at radius 1 is 0.818 bits per heavy atom. The molecule has 178 valence electrons. The van der Waals surface area contributed by atoms with E-state index in [-0.39, 0.29) is 73.5 Å². The molecule has 1 N–H and O–H groups in total. The molecule has 0 aliphatic carbocycles. The number of rotatable bonds is 16. The van der Waals surface area contributed by atoms with Crippen LogP contribution in [0.4, 0.5) is 0 Å². The summed E-state index contributed by atoms with van der Waals surface area (Å²) < 4.78 is 38.9. The molecule has 0 fully saturated rings. The van der Waals surface area contributed by atoms with Crippen LogP contribution in [0.2, 0.25) is 0 Å². The Morgan fingerprint density at radius 2 is 1.39 bits per heavy atom. The van der Waals surface area contributed by atoms with Crippen molar-refractivity contribution in [2.45, 2.75) is 95.3 Å². The van der Waals surface area contributed by atoms with Crippen molar-refractivity contribution in [3.63, 3.8) is 0 Å². The zero-order valence-corrected chi connectivity index (χ0v) is 24.2. The van der Waals surface area contributed by atoms with Crippen molar-refractivity contribution in [3.05, 3.63) is 48.0 Å². The largest absolute Gasteiger partial charge is 1.00 e. The topological polar surface area (TPSA) is 86.7 Å². The SMILES string of the molecule is CCCCCCCCCCCCCCc1ccc(Oc2cccc([O-])c2)c(S(=O)(=O)O)c1.[K+]. The van der Waals surface area contributed by atoms with Crippen LogP contribution in [-0.2, 0) is 16.5 Å². The predicted octanol–water partition coefficient (Wildman–Crippen LogP) is 4.05. The quantitative estimate of drug-likeness (QED) is 0.213. The van der Waals surface area contributed by atoms with Crippen LogP contribution in [0.5, 0.6) is 17.2 Å². The molecular formula is C26H37KO5S. The minimum absolute atomic E-state index is 0. The summed E-state index contributed by atoms with van der Waals surface area (Å²) in [6.45, 7) is 2.24. The number of aryl methyl sites for hydroxylation is 1. The average molecular weight is 501 g/mol. The summed E-state index contributed by atoms with van der Waals surface area (Å²) in [5, 5.41) is 11.5. The number of hydrogen-bond acceptors (Lipinski definition) is 4. The molecule has 0 aliphatic rings. The van der Waals surface area contributed by atoms with E-state index in [1.165, 1.54) is 94.5 Å². The van der Waals surface area contributed by atoms with Crippen molar-refractivity contribution in [2.75, 3.05) is 0 Å². The van der Waals surface area contributed by atoms with Gasteiger partial charge in [0.1, 0.15) is 16.4 Å². The van der Waals surface area contributed by atoms with E-state index in [0.717, 1.165) is 24.8 Å². The van der Waals surface area contributed by atoms with Gasteiger partial charge in [-0.15, -0.1) is 5.75 Å². The summed E-state index contributed by atoms with van der Waals surface area (Å²) in [5.74, 6) is 0.00662. The Hall–Kier alpha value is -0.414. The zero-order valence-electron chi connectivity index (χ0n) is 20.2. The van der Waals surface area contributed by atoms with Crippen LogP contribution in [0.3, 0.4) is 0 Å². The molecule has 5 nitrogen and oxygen atoms in total. The first-order valence-corrected chi connectivity index (χ1v) is 13.4. The van der Waals surface area contributed by atoms with Crippen LogP contribution in [0.1, 0.15) is 89.5 Å². The van der Waals surface area contributed by atoms with Gasteiger partial charge in [-0.1, -0.05) is 95.8 Å². The van der Waals surface area contributed by atoms with Gasteiger partial charge < -0.3 is 9.84 Å². The summed E-state index contributed by atoms with van der Waals surface area (Å²) >= 11 is 0. The van der Waals surface area contributed by atoms with E-state index in [1.807, 2.05) is 6.07 Å². The Balaban J connectivity index is 0.00000544. The third-order valence-electron chi connectivity index (χ3n) is 5.64. The van der Waals surface area contributed by atoms with Crippen molar-refractivity contribution in [1.82, 2.24) is 0 Å². The first kappa shape index (κ1) is 30.6. The zero-order chi connectivity index (χ0) is 23.2. The summed E-state index contributed by atoms with van der Waals surface area (Å²) in [6.07, 6.45) is 16.0. The van der Waals surface area contributed by atoms with E-state index < -0.39 is 10.1 Å². The van der Waals surface area contributed by atoms with Gasteiger partial charge >= 0.3 is 51.4 Å². The second-order valence-corrected chi connectivity index (χ2v) is 9.86. The first-order valence-electron chi connectivity index (χ1n) is 12.0. The fraction of sp³-hybridized carbons (Fsp3) is 0.538. The number of benzene rings is 2. The second-order valence-electron chi connectivity index (χ2n) is 8.47. The van der Waals surface area contributed by atoms with Gasteiger partial charge in [-0.2, -0.15) is 8.42 Å². The van der Waals surface area contributed by atoms with Gasteiger partial charge in [-0.25, -0.2) is 0 Å². The third-order valence-corrected chi connectivity index (χ3v) is 6.51. The monoisotopic (exact) mass is 500 g/mol. The minimum Gasteiger partial charge on any atom is -0.872 e. The molecule has 0 radical (unpaired) electrons. The van der Waals surface area contributed by atoms with Gasteiger partial charge in [0.25, 0.3) is 10.1 Å². The molecule has 0 saturated carbocycles. The molecule has 2 rings (SSSR count). The normalized spacial score (nSPS) is 11.2. The summed E-state index contributed by atoms with van der Waals surface area (Å²) in [4.78, 5) is -0.273. The van der Waals surface area contributed by atoms with E-state index in [4.69, 9.17) is 4.74 Å². The molecule has 0 unspecified atom stereocenters. The van der Waals surface area contributed by atoms with Gasteiger partial charge in [0, 0.05) is 0 Å². The van der Waals surface area contributed by atoms with Crippen LogP contribution >= 0.6 is 0 Å². The van der Waals surface area contributed by atoms with Gasteiger partial charge in [0.05, 0.1) is 0 Å². The van der Waals surface area contributed by atoms with Gasteiger partial charge in [-0.3, -0.25) is 4.55 Å². The number of hydrogen-bond donors (Lipinski definition) is 1. The molecule has 7 heteroatoms. The maximum absolute atomic E-state index is 11.9. The predicted molar refractivity (Wildman–Crippen MR) is 127 cm³/mol. The van der Waals surface area contributed by atoms with Gasteiger partial charge in [0.2, 0.25) is 0 Å². The van der Waals surface area contributed by atoms with Crippen molar-refractivity contribution in [1.29, 1.82) is 0 Å². The third kappa shape index (κ3) is 12.7. The van der Waals surface area contributed by atoms with E-state index in [2.05, 4.69) is 6.92 Å². The van der Waals surface area contributed by atoms with Crippen molar-refractivity contribution in [2.24, 2.45) is 0 Å². The summed E-state index contributed by atoms with van der Waals surface area (Å²) in [7, 11) is -4.45. The maximum Gasteiger partial charge on any atom is 1.00 e. The Bertz CT molecular complexity index is 915. The molecule has 0 bridgehead atoms. The standard InChI is InChI=1S/C26H38O5S.K/c1-2-3-4-5-6-7-8-9-10-11-12-13-15-22-18-19-25(26(20-22)32(28,29)30)31-24-17-14-16-23(27)21-24;/h14,16-21,27H,2-13,15H2,1H3,(H,28,29,30);/q;+1/p-1. The van der Waals surface area contributed by atoms with Crippen molar-refractivity contribution in [3.8, 4) is 17.2 Å². The van der Waals surface area contributed by atoms with E-state index in [9.17, 15) is 18.1 Å². The second kappa shape index (κ2) is 17.1. The van der Waals surface area contributed by atoms with Crippen molar-refractivity contribution >= 4 is 10.1 Å². The molecule has 0 aromatic heterocycles. The number of unbranched alkanes of at least 4 members (excludes halogenated alkanes) is 11. The summed E-state index contributed by atoms with van der Waals surface area (Å²) in [6, 6.07) is 10.6. The molecule has 0 spiro atoms. The molecular weight excluding hydrogens is 463 g/mol. The molecule has 0 heterocycles. The molecule has 0 atom stereocenters. The van der Waals surface area contributed by atoms with Gasteiger partial charge in [0.15, 0.2) is 0 Å². The number of ether oxygens (including phenoxy) is 1. The van der Waals surface area contributed by atoms with Crippen LogP contribution < -0.4 is 61.2 Å². The van der Waals surface area contributed by atoms with E-state index in [0.29, 0.717) is 0 Å². The van der Waals surface area contributed by atoms with E-state index >= 15 is 0 Å². The Morgan fingerprint density at radius 3 is 1.94 bits per heavy atom. The maximum atomic E-state index is 11.9. The fourth-order valence-corrected chi connectivity index (χ4v) is 4.49. The first-order chi connectivity index (χ1) is 15.4.